The number of rotatable bonds is 12. The Bertz CT molecular complexity index is 2270. The number of thioether (sulfide) groups is 8. The van der Waals surface area contributed by atoms with Gasteiger partial charge in [0.25, 0.3) is 0 Å². The third-order valence-electron chi connectivity index (χ3n) is 13.6. The Morgan fingerprint density at radius 1 is 0.230 bits per heavy atom. The summed E-state index contributed by atoms with van der Waals surface area (Å²) in [7, 11) is 0. The number of hydrogen-bond acceptors (Lipinski definition) is 8. The lowest BCUT2D eigenvalue weighted by Gasteiger charge is -2.26. The highest BCUT2D eigenvalue weighted by atomic mass is 32.3. The van der Waals surface area contributed by atoms with E-state index < -0.39 is 0 Å². The molecular formula is C66H92S8. The first-order valence-electron chi connectivity index (χ1n) is 26.7. The summed E-state index contributed by atoms with van der Waals surface area (Å²) >= 11 is 16.3. The Morgan fingerprint density at radius 3 is 0.486 bits per heavy atom. The van der Waals surface area contributed by atoms with Gasteiger partial charge in [0.15, 0.2) is 0 Å². The van der Waals surface area contributed by atoms with Gasteiger partial charge < -0.3 is 0 Å². The molecule has 0 radical (unpaired) electrons. The van der Waals surface area contributed by atoms with Crippen LogP contribution < -0.4 is 0 Å². The first-order chi connectivity index (χ1) is 33.6. The van der Waals surface area contributed by atoms with Gasteiger partial charge in [-0.05, 0) is 110 Å². The molecular weight excluding hydrogens is 1050 g/mol. The van der Waals surface area contributed by atoms with E-state index >= 15 is 0 Å². The minimum Gasteiger partial charge on any atom is -0.112 e. The Kier molecular flexibility index (Phi) is 19.4. The lowest BCUT2D eigenvalue weighted by molar-refractivity contribution is 0.567. The van der Waals surface area contributed by atoms with Gasteiger partial charge in [-0.25, -0.2) is 0 Å². The van der Waals surface area contributed by atoms with Crippen LogP contribution in [0.3, 0.4) is 0 Å². The van der Waals surface area contributed by atoms with E-state index in [2.05, 4.69) is 286 Å². The van der Waals surface area contributed by atoms with Crippen LogP contribution in [0.1, 0.15) is 233 Å². The molecule has 0 spiro atoms. The fraction of sp³-hybridized carbons (Fsp3) is 0.545. The van der Waals surface area contributed by atoms with Crippen LogP contribution in [-0.2, 0) is 66.3 Å². The van der Waals surface area contributed by atoms with Crippen LogP contribution in [0.15, 0.2) is 98.2 Å². The van der Waals surface area contributed by atoms with Gasteiger partial charge in [-0.15, -0.1) is 47.0 Å². The van der Waals surface area contributed by atoms with Crippen LogP contribution in [-0.4, -0.2) is 0 Å². The van der Waals surface area contributed by atoms with Gasteiger partial charge in [0.2, 0.25) is 0 Å². The van der Waals surface area contributed by atoms with Gasteiger partial charge in [-0.3, -0.25) is 0 Å². The predicted octanol–water partition coefficient (Wildman–Crippen LogP) is 23.4. The predicted molar refractivity (Wildman–Crippen MR) is 352 cm³/mol. The van der Waals surface area contributed by atoms with Crippen molar-refractivity contribution in [1.82, 2.24) is 0 Å². The van der Waals surface area contributed by atoms with Crippen molar-refractivity contribution in [2.45, 2.75) is 233 Å². The van der Waals surface area contributed by atoms with Gasteiger partial charge >= 0.3 is 0 Å². The highest BCUT2D eigenvalue weighted by Gasteiger charge is 2.33. The number of hydrogen-bond donors (Lipinski definition) is 0. The summed E-state index contributed by atoms with van der Waals surface area (Å²) in [6.07, 6.45) is 0. The van der Waals surface area contributed by atoms with E-state index in [9.17, 15) is 0 Å². The minimum absolute atomic E-state index is 0.0773. The summed E-state index contributed by atoms with van der Waals surface area (Å²) < 4.78 is 8.66. The summed E-state index contributed by atoms with van der Waals surface area (Å²) in [5, 5.41) is 0. The van der Waals surface area contributed by atoms with E-state index in [1.807, 2.05) is 47.0 Å². The quantitative estimate of drug-likeness (QED) is 0.136. The zero-order valence-corrected chi connectivity index (χ0v) is 56.6. The molecule has 0 aliphatic carbocycles. The van der Waals surface area contributed by atoms with Gasteiger partial charge in [0.05, 0.1) is 25.4 Å². The highest BCUT2D eigenvalue weighted by Crippen LogP contribution is 2.67. The lowest BCUT2D eigenvalue weighted by atomic mass is 9.80. The molecule has 0 fully saturated rings. The molecule has 404 valence electrons. The summed E-state index contributed by atoms with van der Waals surface area (Å²) in [5.74, 6) is 3.80. The minimum atomic E-state index is 0.0773. The van der Waals surface area contributed by atoms with Gasteiger partial charge in [-0.1, -0.05) is 286 Å². The molecule has 8 heteroatoms. The third-order valence-corrected chi connectivity index (χ3v) is 25.5. The second kappa shape index (κ2) is 23.2. The van der Waals surface area contributed by atoms with Gasteiger partial charge in [0, 0.05) is 23.0 Å². The van der Waals surface area contributed by atoms with Crippen LogP contribution in [0.2, 0.25) is 0 Å². The first kappa shape index (κ1) is 62.1. The Labute approximate surface area is 487 Å². The molecule has 4 aromatic carbocycles. The van der Waals surface area contributed by atoms with E-state index in [-0.39, 0.29) is 43.3 Å². The molecule has 0 aromatic heterocycles. The maximum absolute atomic E-state index is 2.48. The topological polar surface area (TPSA) is 0 Å². The average molecular weight is 1140 g/mol. The van der Waals surface area contributed by atoms with Crippen molar-refractivity contribution < 1.29 is 0 Å². The second-order valence-electron chi connectivity index (χ2n) is 29.0. The monoisotopic (exact) mass is 1140 g/mol. The van der Waals surface area contributed by atoms with Crippen molar-refractivity contribution in [2.75, 3.05) is 0 Å². The summed E-state index contributed by atoms with van der Waals surface area (Å²) in [4.78, 5) is 0. The molecule has 0 N–H and O–H groups in total. The second-order valence-corrected chi connectivity index (χ2v) is 38.5. The molecule has 2 heterocycles. The molecule has 0 unspecified atom stereocenters. The van der Waals surface area contributed by atoms with Gasteiger partial charge in [0.1, 0.15) is 0 Å². The smallest absolute Gasteiger partial charge is 0.0717 e. The van der Waals surface area contributed by atoms with Crippen molar-refractivity contribution in [3.63, 3.8) is 0 Å². The van der Waals surface area contributed by atoms with Gasteiger partial charge in [-0.2, -0.15) is 0 Å². The van der Waals surface area contributed by atoms with E-state index in [0.717, 1.165) is 23.0 Å². The van der Waals surface area contributed by atoms with Crippen molar-refractivity contribution >= 4 is 94.1 Å². The Balaban J connectivity index is 1.39. The number of benzene rings is 4. The molecule has 0 saturated carbocycles. The maximum Gasteiger partial charge on any atom is 0.0717 e. The zero-order chi connectivity index (χ0) is 55.4. The molecule has 4 aromatic rings. The van der Waals surface area contributed by atoms with Crippen LogP contribution in [0.4, 0.5) is 0 Å². The SMILES string of the molecule is CC(C)(C)c1cc(CSC2=C(SCc3cc(C(C)(C)C)cc(C(C)(C)C)c3)SC(=C3SC(SCc4cc(C(C)(C)C)cc(C(C)(C)C)c4)=C(SCc4cc(C(C)(C)C)cc(C(C)(C)C)c4)S3)S2)cc(C(C)(C)C)c1. The molecule has 2 aliphatic rings. The summed E-state index contributed by atoms with van der Waals surface area (Å²) in [6, 6.07) is 29.7. The van der Waals surface area contributed by atoms with E-state index in [1.54, 1.807) is 0 Å². The fourth-order valence-electron chi connectivity index (χ4n) is 8.23. The molecule has 74 heavy (non-hydrogen) atoms. The van der Waals surface area contributed by atoms with Crippen LogP contribution in [0.25, 0.3) is 0 Å². The molecule has 6 rings (SSSR count). The normalized spacial score (nSPS) is 15.9. The maximum atomic E-state index is 2.48. The van der Waals surface area contributed by atoms with Crippen molar-refractivity contribution in [3.05, 3.63) is 165 Å². The average Bonchev–Trinajstić information content (AvgIpc) is 3.87. The van der Waals surface area contributed by atoms with Crippen molar-refractivity contribution in [3.8, 4) is 0 Å². The Morgan fingerprint density at radius 2 is 0.365 bits per heavy atom. The van der Waals surface area contributed by atoms with Crippen LogP contribution in [0, 0.1) is 0 Å². The molecule has 0 nitrogen and oxygen atoms in total. The molecule has 2 aliphatic heterocycles. The lowest BCUT2D eigenvalue weighted by Crippen LogP contribution is -2.17. The Hall–Kier alpha value is -1.10. The standard InChI is InChI=1S/C66H92S8/c1-59(2,3)45-25-41(26-46(33-45)60(4,5)6)37-67-53-54(68-38-42-27-47(61(7,8)9)34-48(28-42)62(10,11)12)72-57(71-53)58-73-55(69-39-43-29-49(63(13,14)15)35-50(30-43)64(16,17)18)56(74-58)70-40-44-31-51(65(19,20)21)36-52(32-44)66(22,23)24/h25-36H,37-40H2,1-24H3. The largest absolute Gasteiger partial charge is 0.112 e. The molecule has 0 saturated heterocycles. The third kappa shape index (κ3) is 17.0. The molecule has 0 amide bonds. The van der Waals surface area contributed by atoms with Crippen molar-refractivity contribution in [2.24, 2.45) is 0 Å². The summed E-state index contributed by atoms with van der Waals surface area (Å²) in [6.45, 7) is 56.5. The fourth-order valence-corrected chi connectivity index (χ4v) is 19.9. The summed E-state index contributed by atoms with van der Waals surface area (Å²) in [5.41, 5.74) is 17.7. The van der Waals surface area contributed by atoms with E-state index in [1.165, 1.54) is 92.2 Å². The van der Waals surface area contributed by atoms with Crippen LogP contribution >= 0.6 is 94.1 Å². The zero-order valence-electron chi connectivity index (χ0n) is 50.0. The van der Waals surface area contributed by atoms with Crippen LogP contribution in [0.5, 0.6) is 0 Å². The molecule has 0 bridgehead atoms. The first-order valence-corrected chi connectivity index (χ1v) is 33.9. The van der Waals surface area contributed by atoms with E-state index in [0.29, 0.717) is 0 Å². The van der Waals surface area contributed by atoms with E-state index in [4.69, 9.17) is 0 Å². The molecule has 0 atom stereocenters. The highest BCUT2D eigenvalue weighted by molar-refractivity contribution is 8.44. The van der Waals surface area contributed by atoms with Crippen molar-refractivity contribution in [1.29, 1.82) is 0 Å².